The van der Waals surface area contributed by atoms with E-state index in [0.717, 1.165) is 17.8 Å². The van der Waals surface area contributed by atoms with Crippen LogP contribution in [0.4, 0.5) is 5.69 Å². The highest BCUT2D eigenvalue weighted by molar-refractivity contribution is 6.31. The van der Waals surface area contributed by atoms with Crippen molar-refractivity contribution in [2.24, 2.45) is 0 Å². The number of benzene rings is 2. The number of hydrogen-bond acceptors (Lipinski definition) is 2. The smallest absolute Gasteiger partial charge is 0.241 e. The predicted octanol–water partition coefficient (Wildman–Crippen LogP) is 4.42. The molecule has 0 aliphatic heterocycles. The molecule has 23 heavy (non-hydrogen) atoms. The quantitative estimate of drug-likeness (QED) is 0.880. The molecule has 1 atom stereocenters. The Morgan fingerprint density at radius 3 is 2.48 bits per heavy atom. The van der Waals surface area contributed by atoms with Crippen LogP contribution in [0.15, 0.2) is 42.5 Å². The van der Waals surface area contributed by atoms with Gasteiger partial charge in [-0.25, -0.2) is 0 Å². The lowest BCUT2D eigenvalue weighted by Crippen LogP contribution is -2.39. The zero-order valence-corrected chi connectivity index (χ0v) is 14.8. The molecule has 1 amide bonds. The summed E-state index contributed by atoms with van der Waals surface area (Å²) in [6.45, 7) is 6.65. The number of carbonyl (C=O) groups is 1. The van der Waals surface area contributed by atoms with Gasteiger partial charge in [0.05, 0.1) is 6.04 Å². The zero-order valence-electron chi connectivity index (χ0n) is 14.1. The third-order valence-corrected chi connectivity index (χ3v) is 4.29. The third-order valence-electron chi connectivity index (χ3n) is 4.05. The molecule has 0 aliphatic rings. The Kier molecular flexibility index (Phi) is 5.80. The van der Waals surface area contributed by atoms with Crippen LogP contribution in [0.1, 0.15) is 23.6 Å². The van der Waals surface area contributed by atoms with Gasteiger partial charge in [-0.3, -0.25) is 9.69 Å². The van der Waals surface area contributed by atoms with Crippen molar-refractivity contribution in [2.45, 2.75) is 33.4 Å². The molecule has 0 fully saturated rings. The lowest BCUT2D eigenvalue weighted by Gasteiger charge is -2.24. The van der Waals surface area contributed by atoms with Crippen LogP contribution in [0, 0.1) is 13.8 Å². The van der Waals surface area contributed by atoms with Crippen molar-refractivity contribution in [3.63, 3.8) is 0 Å². The largest absolute Gasteiger partial charge is 0.324 e. The van der Waals surface area contributed by atoms with E-state index in [0.29, 0.717) is 5.02 Å². The van der Waals surface area contributed by atoms with Crippen molar-refractivity contribution in [1.29, 1.82) is 0 Å². The molecule has 0 heterocycles. The van der Waals surface area contributed by atoms with Crippen molar-refractivity contribution < 1.29 is 4.79 Å². The SMILES string of the molecule is Cc1ccc(CN(C)C(C)C(=O)Nc2cc(Cl)ccc2C)cc1. The van der Waals surface area contributed by atoms with Gasteiger partial charge in [0.2, 0.25) is 5.91 Å². The first-order valence-corrected chi connectivity index (χ1v) is 8.07. The highest BCUT2D eigenvalue weighted by Gasteiger charge is 2.19. The fraction of sp³-hybridized carbons (Fsp3) is 0.316. The number of rotatable bonds is 5. The van der Waals surface area contributed by atoms with Gasteiger partial charge in [-0.15, -0.1) is 0 Å². The van der Waals surface area contributed by atoms with Crippen LogP contribution in [0.2, 0.25) is 5.02 Å². The Balaban J connectivity index is 2.00. The van der Waals surface area contributed by atoms with Gasteiger partial charge in [0.15, 0.2) is 0 Å². The molecule has 0 spiro atoms. The number of hydrogen-bond donors (Lipinski definition) is 1. The van der Waals surface area contributed by atoms with Crippen LogP contribution in [0.25, 0.3) is 0 Å². The van der Waals surface area contributed by atoms with Crippen molar-refractivity contribution in [3.8, 4) is 0 Å². The minimum absolute atomic E-state index is 0.0371. The second-order valence-electron chi connectivity index (χ2n) is 6.03. The van der Waals surface area contributed by atoms with E-state index in [-0.39, 0.29) is 11.9 Å². The Hall–Kier alpha value is -1.84. The van der Waals surface area contributed by atoms with E-state index in [9.17, 15) is 4.79 Å². The van der Waals surface area contributed by atoms with Crippen LogP contribution in [-0.4, -0.2) is 23.9 Å². The summed E-state index contributed by atoms with van der Waals surface area (Å²) in [4.78, 5) is 14.5. The number of aryl methyl sites for hydroxylation is 2. The summed E-state index contributed by atoms with van der Waals surface area (Å²) in [5.74, 6) is -0.0371. The number of nitrogens with zero attached hydrogens (tertiary/aromatic N) is 1. The zero-order chi connectivity index (χ0) is 17.0. The number of anilines is 1. The standard InChI is InChI=1S/C19H23ClN2O/c1-13-5-8-16(9-6-13)12-22(4)15(3)19(23)21-18-11-17(20)10-7-14(18)2/h5-11,15H,12H2,1-4H3,(H,21,23). The molecule has 122 valence electrons. The van der Waals surface area contributed by atoms with Gasteiger partial charge in [-0.2, -0.15) is 0 Å². The lowest BCUT2D eigenvalue weighted by atomic mass is 10.1. The second-order valence-corrected chi connectivity index (χ2v) is 6.46. The van der Waals surface area contributed by atoms with Crippen LogP contribution in [-0.2, 0) is 11.3 Å². The average molecular weight is 331 g/mol. The van der Waals surface area contributed by atoms with E-state index >= 15 is 0 Å². The maximum atomic E-state index is 12.5. The van der Waals surface area contributed by atoms with Crippen LogP contribution >= 0.6 is 11.6 Å². The Labute approximate surface area is 143 Å². The van der Waals surface area contributed by atoms with Gasteiger partial charge in [0.25, 0.3) is 0 Å². The van der Waals surface area contributed by atoms with E-state index in [1.165, 1.54) is 11.1 Å². The molecule has 0 radical (unpaired) electrons. The van der Waals surface area contributed by atoms with Crippen molar-refractivity contribution >= 4 is 23.2 Å². The Morgan fingerprint density at radius 1 is 1.17 bits per heavy atom. The molecule has 0 saturated carbocycles. The fourth-order valence-electron chi connectivity index (χ4n) is 2.28. The summed E-state index contributed by atoms with van der Waals surface area (Å²) in [5.41, 5.74) is 4.18. The molecule has 2 aromatic carbocycles. The highest BCUT2D eigenvalue weighted by Crippen LogP contribution is 2.20. The van der Waals surface area contributed by atoms with Gasteiger partial charge < -0.3 is 5.32 Å². The van der Waals surface area contributed by atoms with Gasteiger partial charge in [0, 0.05) is 17.3 Å². The number of halogens is 1. The first-order valence-electron chi connectivity index (χ1n) is 7.69. The molecule has 1 N–H and O–H groups in total. The molecule has 3 nitrogen and oxygen atoms in total. The minimum Gasteiger partial charge on any atom is -0.324 e. The molecule has 2 rings (SSSR count). The van der Waals surface area contributed by atoms with Gasteiger partial charge in [-0.1, -0.05) is 47.5 Å². The highest BCUT2D eigenvalue weighted by atomic mass is 35.5. The molecular formula is C19H23ClN2O. The summed E-state index contributed by atoms with van der Waals surface area (Å²) in [7, 11) is 1.95. The topological polar surface area (TPSA) is 32.3 Å². The summed E-state index contributed by atoms with van der Waals surface area (Å²) >= 11 is 6.00. The number of likely N-dealkylation sites (N-methyl/N-ethyl adjacent to an activating group) is 1. The van der Waals surface area contributed by atoms with Crippen molar-refractivity contribution in [1.82, 2.24) is 4.90 Å². The predicted molar refractivity (Wildman–Crippen MR) is 96.9 cm³/mol. The Morgan fingerprint density at radius 2 is 1.83 bits per heavy atom. The number of nitrogens with one attached hydrogen (secondary N) is 1. The maximum Gasteiger partial charge on any atom is 0.241 e. The molecule has 2 aromatic rings. The molecule has 0 aromatic heterocycles. The van der Waals surface area contributed by atoms with E-state index in [4.69, 9.17) is 11.6 Å². The van der Waals surface area contributed by atoms with E-state index < -0.39 is 0 Å². The summed E-state index contributed by atoms with van der Waals surface area (Å²) in [5, 5.41) is 3.58. The number of carbonyl (C=O) groups excluding carboxylic acids is 1. The van der Waals surface area contributed by atoms with E-state index in [1.54, 1.807) is 6.07 Å². The van der Waals surface area contributed by atoms with Crippen molar-refractivity contribution in [3.05, 3.63) is 64.2 Å². The monoisotopic (exact) mass is 330 g/mol. The molecule has 0 aliphatic carbocycles. The maximum absolute atomic E-state index is 12.5. The molecular weight excluding hydrogens is 308 g/mol. The second kappa shape index (κ2) is 7.62. The Bertz CT molecular complexity index is 682. The lowest BCUT2D eigenvalue weighted by molar-refractivity contribution is -0.120. The average Bonchev–Trinajstić information content (AvgIpc) is 2.52. The number of amides is 1. The van der Waals surface area contributed by atoms with Gasteiger partial charge in [0.1, 0.15) is 0 Å². The first kappa shape index (κ1) is 17.5. The molecule has 1 unspecified atom stereocenters. The fourth-order valence-corrected chi connectivity index (χ4v) is 2.46. The van der Waals surface area contributed by atoms with Crippen LogP contribution in [0.3, 0.4) is 0 Å². The molecule has 0 saturated heterocycles. The van der Waals surface area contributed by atoms with E-state index in [1.807, 2.05) is 37.9 Å². The van der Waals surface area contributed by atoms with Crippen LogP contribution < -0.4 is 5.32 Å². The van der Waals surface area contributed by atoms with E-state index in [2.05, 4.69) is 36.5 Å². The minimum atomic E-state index is -0.241. The first-order chi connectivity index (χ1) is 10.9. The van der Waals surface area contributed by atoms with Crippen LogP contribution in [0.5, 0.6) is 0 Å². The summed E-state index contributed by atoms with van der Waals surface area (Å²) < 4.78 is 0. The summed E-state index contributed by atoms with van der Waals surface area (Å²) in [6.07, 6.45) is 0. The van der Waals surface area contributed by atoms with Gasteiger partial charge >= 0.3 is 0 Å². The normalized spacial score (nSPS) is 12.3. The molecule has 4 heteroatoms. The summed E-state index contributed by atoms with van der Waals surface area (Å²) in [6, 6.07) is 13.6. The van der Waals surface area contributed by atoms with Gasteiger partial charge in [-0.05, 0) is 51.1 Å². The third kappa shape index (κ3) is 4.81. The molecule has 0 bridgehead atoms. The van der Waals surface area contributed by atoms with Crippen molar-refractivity contribution in [2.75, 3.05) is 12.4 Å².